The molecule has 1 aliphatic carbocycles. The molecule has 0 bridgehead atoms. The molecule has 11 heavy (non-hydrogen) atoms. The normalized spacial score (nSPS) is 38.5. The molecule has 64 valence electrons. The summed E-state index contributed by atoms with van der Waals surface area (Å²) in [5.41, 5.74) is 5.69. The summed E-state index contributed by atoms with van der Waals surface area (Å²) in [5.74, 6) is -0.574. The molecule has 1 fully saturated rings. The molecular formula is C8H15NO2. The van der Waals surface area contributed by atoms with Crippen molar-refractivity contribution in [2.45, 2.75) is 32.2 Å². The van der Waals surface area contributed by atoms with Crippen LogP contribution in [0.25, 0.3) is 0 Å². The highest BCUT2D eigenvalue weighted by atomic mass is 16.4. The zero-order valence-corrected chi connectivity index (χ0v) is 6.79. The second kappa shape index (κ2) is 3.22. The van der Waals surface area contributed by atoms with Crippen LogP contribution < -0.4 is 5.73 Å². The Morgan fingerprint density at radius 1 is 1.55 bits per heavy atom. The average molecular weight is 157 g/mol. The Hall–Kier alpha value is -0.570. The Morgan fingerprint density at radius 3 is 2.64 bits per heavy atom. The van der Waals surface area contributed by atoms with E-state index in [2.05, 4.69) is 0 Å². The van der Waals surface area contributed by atoms with E-state index < -0.39 is 5.97 Å². The summed E-state index contributed by atoms with van der Waals surface area (Å²) < 4.78 is 0. The number of hydrogen-bond donors (Lipinski definition) is 2. The third-order valence-corrected chi connectivity index (χ3v) is 2.53. The molecule has 3 atom stereocenters. The van der Waals surface area contributed by atoms with Crippen LogP contribution in [0.1, 0.15) is 26.2 Å². The molecule has 0 aromatic heterocycles. The molecule has 0 radical (unpaired) electrons. The van der Waals surface area contributed by atoms with Gasteiger partial charge in [-0.1, -0.05) is 6.92 Å². The predicted molar refractivity (Wildman–Crippen MR) is 42.1 cm³/mol. The minimum Gasteiger partial charge on any atom is -0.481 e. The van der Waals surface area contributed by atoms with Crippen LogP contribution in [0.5, 0.6) is 0 Å². The molecular weight excluding hydrogens is 142 g/mol. The summed E-state index contributed by atoms with van der Waals surface area (Å²) in [6.45, 7) is 1.97. The SMILES string of the molecule is C[C@@H]1C[C@H](N)CC[C@@H]1C(=O)O. The van der Waals surface area contributed by atoms with E-state index in [0.717, 1.165) is 19.3 Å². The molecule has 0 aliphatic heterocycles. The van der Waals surface area contributed by atoms with Crippen LogP contribution in [0.15, 0.2) is 0 Å². The van der Waals surface area contributed by atoms with Crippen molar-refractivity contribution in [2.24, 2.45) is 17.6 Å². The maximum atomic E-state index is 10.6. The van der Waals surface area contributed by atoms with Gasteiger partial charge in [0.15, 0.2) is 0 Å². The first-order chi connectivity index (χ1) is 5.11. The summed E-state index contributed by atoms with van der Waals surface area (Å²) in [6, 6.07) is 0.223. The Morgan fingerprint density at radius 2 is 2.18 bits per heavy atom. The van der Waals surface area contributed by atoms with E-state index in [0.29, 0.717) is 0 Å². The fourth-order valence-electron chi connectivity index (χ4n) is 1.80. The smallest absolute Gasteiger partial charge is 0.306 e. The van der Waals surface area contributed by atoms with Crippen molar-refractivity contribution in [3.8, 4) is 0 Å². The van der Waals surface area contributed by atoms with Crippen molar-refractivity contribution in [3.63, 3.8) is 0 Å². The van der Waals surface area contributed by atoms with Gasteiger partial charge in [-0.15, -0.1) is 0 Å². The lowest BCUT2D eigenvalue weighted by Crippen LogP contribution is -2.35. The van der Waals surface area contributed by atoms with Gasteiger partial charge in [0, 0.05) is 6.04 Å². The van der Waals surface area contributed by atoms with Gasteiger partial charge in [0.2, 0.25) is 0 Å². The van der Waals surface area contributed by atoms with E-state index in [1.165, 1.54) is 0 Å². The highest BCUT2D eigenvalue weighted by Gasteiger charge is 2.30. The summed E-state index contributed by atoms with van der Waals surface area (Å²) in [5, 5.41) is 8.75. The molecule has 1 aliphatic rings. The fraction of sp³-hybridized carbons (Fsp3) is 0.875. The van der Waals surface area contributed by atoms with Crippen molar-refractivity contribution in [1.29, 1.82) is 0 Å². The number of carboxylic acid groups (broad SMARTS) is 1. The largest absolute Gasteiger partial charge is 0.481 e. The number of carboxylic acids is 1. The predicted octanol–water partition coefficient (Wildman–Crippen LogP) is 0.834. The second-order valence-corrected chi connectivity index (χ2v) is 3.50. The van der Waals surface area contributed by atoms with Crippen LogP contribution in [-0.4, -0.2) is 17.1 Å². The van der Waals surface area contributed by atoms with Crippen LogP contribution in [0.3, 0.4) is 0 Å². The Labute approximate surface area is 66.6 Å². The van der Waals surface area contributed by atoms with Gasteiger partial charge in [-0.25, -0.2) is 0 Å². The van der Waals surface area contributed by atoms with Gasteiger partial charge in [-0.3, -0.25) is 4.79 Å². The summed E-state index contributed by atoms with van der Waals surface area (Å²) in [6.07, 6.45) is 2.47. The lowest BCUT2D eigenvalue weighted by molar-refractivity contribution is -0.144. The first-order valence-corrected chi connectivity index (χ1v) is 4.09. The van der Waals surface area contributed by atoms with Gasteiger partial charge >= 0.3 is 5.97 Å². The van der Waals surface area contributed by atoms with Crippen LogP contribution in [-0.2, 0) is 4.79 Å². The Kier molecular flexibility index (Phi) is 2.49. The van der Waals surface area contributed by atoms with Crippen molar-refractivity contribution >= 4 is 5.97 Å². The molecule has 3 heteroatoms. The highest BCUT2D eigenvalue weighted by Crippen LogP contribution is 2.28. The van der Waals surface area contributed by atoms with E-state index in [1.807, 2.05) is 6.92 Å². The Bertz CT molecular complexity index is 158. The molecule has 0 heterocycles. The van der Waals surface area contributed by atoms with Crippen molar-refractivity contribution in [1.82, 2.24) is 0 Å². The van der Waals surface area contributed by atoms with Gasteiger partial charge in [-0.2, -0.15) is 0 Å². The molecule has 0 aromatic carbocycles. The van der Waals surface area contributed by atoms with Gasteiger partial charge in [0.05, 0.1) is 5.92 Å². The van der Waals surface area contributed by atoms with Crippen molar-refractivity contribution < 1.29 is 9.90 Å². The topological polar surface area (TPSA) is 63.3 Å². The average Bonchev–Trinajstić information content (AvgIpc) is 1.85. The van der Waals surface area contributed by atoms with E-state index in [9.17, 15) is 4.79 Å². The molecule has 0 unspecified atom stereocenters. The molecule has 1 rings (SSSR count). The molecule has 0 saturated heterocycles. The third kappa shape index (κ3) is 1.93. The lowest BCUT2D eigenvalue weighted by Gasteiger charge is -2.29. The first-order valence-electron chi connectivity index (χ1n) is 4.09. The minimum atomic E-state index is -0.663. The first kappa shape index (κ1) is 8.53. The van der Waals surface area contributed by atoms with Crippen LogP contribution in [0, 0.1) is 11.8 Å². The van der Waals surface area contributed by atoms with Crippen LogP contribution in [0.4, 0.5) is 0 Å². The molecule has 0 spiro atoms. The maximum Gasteiger partial charge on any atom is 0.306 e. The van der Waals surface area contributed by atoms with Crippen molar-refractivity contribution in [3.05, 3.63) is 0 Å². The molecule has 3 N–H and O–H groups in total. The van der Waals surface area contributed by atoms with E-state index in [4.69, 9.17) is 10.8 Å². The van der Waals surface area contributed by atoms with E-state index >= 15 is 0 Å². The Balaban J connectivity index is 2.50. The van der Waals surface area contributed by atoms with Crippen molar-refractivity contribution in [2.75, 3.05) is 0 Å². The standard InChI is InChI=1S/C8H15NO2/c1-5-4-6(9)2-3-7(5)8(10)11/h5-7H,2-4,9H2,1H3,(H,10,11)/t5-,6-,7+/m1/s1. The zero-order chi connectivity index (χ0) is 8.43. The van der Waals surface area contributed by atoms with E-state index in [-0.39, 0.29) is 17.9 Å². The maximum absolute atomic E-state index is 10.6. The molecule has 0 aromatic rings. The van der Waals surface area contributed by atoms with Gasteiger partial charge in [0.25, 0.3) is 0 Å². The monoisotopic (exact) mass is 157 g/mol. The lowest BCUT2D eigenvalue weighted by atomic mass is 9.78. The number of nitrogens with two attached hydrogens (primary N) is 1. The quantitative estimate of drug-likeness (QED) is 0.592. The summed E-state index contributed by atoms with van der Waals surface area (Å²) in [7, 11) is 0. The van der Waals surface area contributed by atoms with Gasteiger partial charge in [-0.05, 0) is 25.2 Å². The zero-order valence-electron chi connectivity index (χ0n) is 6.79. The van der Waals surface area contributed by atoms with Crippen LogP contribution in [0.2, 0.25) is 0 Å². The second-order valence-electron chi connectivity index (χ2n) is 3.50. The number of aliphatic carboxylic acids is 1. The van der Waals surface area contributed by atoms with Gasteiger partial charge < -0.3 is 10.8 Å². The number of carbonyl (C=O) groups is 1. The molecule has 3 nitrogen and oxygen atoms in total. The summed E-state index contributed by atoms with van der Waals surface area (Å²) >= 11 is 0. The van der Waals surface area contributed by atoms with E-state index in [1.54, 1.807) is 0 Å². The molecule has 1 saturated carbocycles. The number of rotatable bonds is 1. The highest BCUT2D eigenvalue weighted by molar-refractivity contribution is 5.70. The van der Waals surface area contributed by atoms with Crippen LogP contribution >= 0.6 is 0 Å². The fourth-order valence-corrected chi connectivity index (χ4v) is 1.80. The third-order valence-electron chi connectivity index (χ3n) is 2.53. The molecule has 0 amide bonds. The number of hydrogen-bond acceptors (Lipinski definition) is 2. The summed E-state index contributed by atoms with van der Waals surface area (Å²) in [4.78, 5) is 10.6. The minimum absolute atomic E-state index is 0.158. The van der Waals surface area contributed by atoms with Gasteiger partial charge in [0.1, 0.15) is 0 Å².